The Morgan fingerprint density at radius 2 is 2.30 bits per heavy atom. The number of hydrogen-bond donors (Lipinski definition) is 3. The van der Waals surface area contributed by atoms with Crippen molar-refractivity contribution in [3.63, 3.8) is 0 Å². The molecule has 0 saturated carbocycles. The van der Waals surface area contributed by atoms with Gasteiger partial charge in [0.1, 0.15) is 0 Å². The summed E-state index contributed by atoms with van der Waals surface area (Å²) in [5.41, 5.74) is 0. The van der Waals surface area contributed by atoms with E-state index in [0.29, 0.717) is 6.42 Å². The van der Waals surface area contributed by atoms with Crippen molar-refractivity contribution in [2.45, 2.75) is 19.4 Å². The molecule has 10 heavy (non-hydrogen) atoms. The monoisotopic (exact) mass is 146 g/mol. The minimum absolute atomic E-state index is 0.0865. The number of carbonyl (C=O) groups excluding carboxylic acids is 1. The van der Waals surface area contributed by atoms with Crippen LogP contribution in [0.3, 0.4) is 0 Å². The predicted octanol–water partition coefficient (Wildman–Crippen LogP) is -0.950. The summed E-state index contributed by atoms with van der Waals surface area (Å²) in [6.07, 6.45) is 0.681. The molecule has 0 aliphatic rings. The molecule has 4 heteroatoms. The highest BCUT2D eigenvalue weighted by Gasteiger charge is 2.11. The first kappa shape index (κ1) is 9.39. The van der Waals surface area contributed by atoms with Gasteiger partial charge >= 0.3 is 0 Å². The smallest absolute Gasteiger partial charge is 0.236 e. The molecule has 0 rings (SSSR count). The van der Waals surface area contributed by atoms with Crippen molar-refractivity contribution in [3.05, 3.63) is 0 Å². The average molecular weight is 146 g/mol. The molecule has 1 amide bonds. The molecule has 0 unspecified atom stereocenters. The number of rotatable bonds is 4. The molecule has 0 radical (unpaired) electrons. The number of carbonyl (C=O) groups is 1. The maximum Gasteiger partial charge on any atom is 0.236 e. The van der Waals surface area contributed by atoms with E-state index in [1.165, 1.54) is 0 Å². The zero-order valence-electron chi connectivity index (χ0n) is 6.35. The van der Waals surface area contributed by atoms with E-state index in [1.54, 1.807) is 7.05 Å². The number of amides is 1. The van der Waals surface area contributed by atoms with Gasteiger partial charge in [-0.2, -0.15) is 0 Å². The summed E-state index contributed by atoms with van der Waals surface area (Å²) in [5.74, 6) is -0.0865. The topological polar surface area (TPSA) is 61.4 Å². The molecular weight excluding hydrogens is 132 g/mol. The minimum Gasteiger partial charge on any atom is -0.381 e. The molecule has 0 aromatic rings. The van der Waals surface area contributed by atoms with Gasteiger partial charge in [-0.1, -0.05) is 6.92 Å². The molecule has 1 atom stereocenters. The lowest BCUT2D eigenvalue weighted by Crippen LogP contribution is -2.42. The fourth-order valence-electron chi connectivity index (χ4n) is 0.707. The number of hydrogen-bond acceptors (Lipinski definition) is 3. The zero-order chi connectivity index (χ0) is 7.98. The summed E-state index contributed by atoms with van der Waals surface area (Å²) < 4.78 is 0. The van der Waals surface area contributed by atoms with Crippen LogP contribution in [0, 0.1) is 0 Å². The number of likely N-dealkylation sites (N-methyl/N-ethyl adjacent to an activating group) is 1. The van der Waals surface area contributed by atoms with Gasteiger partial charge in [0.2, 0.25) is 5.91 Å². The van der Waals surface area contributed by atoms with Crippen molar-refractivity contribution < 1.29 is 9.90 Å². The van der Waals surface area contributed by atoms with E-state index in [-0.39, 0.29) is 18.7 Å². The highest BCUT2D eigenvalue weighted by atomic mass is 16.3. The van der Waals surface area contributed by atoms with Crippen LogP contribution in [-0.4, -0.2) is 30.8 Å². The van der Waals surface area contributed by atoms with Crippen LogP contribution < -0.4 is 10.6 Å². The van der Waals surface area contributed by atoms with Crippen LogP contribution in [-0.2, 0) is 4.79 Å². The van der Waals surface area contributed by atoms with Crippen molar-refractivity contribution >= 4 is 5.91 Å². The molecule has 3 N–H and O–H groups in total. The van der Waals surface area contributed by atoms with Crippen LogP contribution in [0.15, 0.2) is 0 Å². The lowest BCUT2D eigenvalue weighted by atomic mass is 10.2. The first-order valence-electron chi connectivity index (χ1n) is 3.32. The Hall–Kier alpha value is -0.610. The van der Waals surface area contributed by atoms with Crippen LogP contribution in [0.5, 0.6) is 0 Å². The Labute approximate surface area is 60.6 Å². The fraction of sp³-hybridized carbons (Fsp3) is 0.833. The fourth-order valence-corrected chi connectivity index (χ4v) is 0.707. The normalized spacial score (nSPS) is 12.7. The first-order chi connectivity index (χ1) is 4.76. The Morgan fingerprint density at radius 1 is 1.70 bits per heavy atom. The minimum atomic E-state index is -0.269. The molecule has 0 aliphatic heterocycles. The Balaban J connectivity index is 3.68. The third-order valence-corrected chi connectivity index (χ3v) is 1.31. The van der Waals surface area contributed by atoms with Gasteiger partial charge in [0, 0.05) is 7.05 Å². The van der Waals surface area contributed by atoms with E-state index in [0.717, 1.165) is 0 Å². The molecular formula is C6H14N2O2. The summed E-state index contributed by atoms with van der Waals surface area (Å²) in [4.78, 5) is 10.8. The summed E-state index contributed by atoms with van der Waals surface area (Å²) >= 11 is 0. The van der Waals surface area contributed by atoms with Crippen molar-refractivity contribution in [2.75, 3.05) is 13.8 Å². The summed E-state index contributed by atoms with van der Waals surface area (Å²) in [7, 11) is 1.57. The quantitative estimate of drug-likeness (QED) is 0.448. The Bertz CT molecular complexity index is 106. The molecule has 4 nitrogen and oxygen atoms in total. The number of aliphatic hydroxyl groups excluding tert-OH is 1. The van der Waals surface area contributed by atoms with E-state index >= 15 is 0 Å². The first-order valence-corrected chi connectivity index (χ1v) is 3.32. The molecule has 0 aromatic carbocycles. The van der Waals surface area contributed by atoms with Gasteiger partial charge in [0.05, 0.1) is 12.8 Å². The van der Waals surface area contributed by atoms with E-state index in [9.17, 15) is 4.79 Å². The lowest BCUT2D eigenvalue weighted by molar-refractivity contribution is -0.123. The highest BCUT2D eigenvalue weighted by Crippen LogP contribution is 1.88. The summed E-state index contributed by atoms with van der Waals surface area (Å²) in [5, 5.41) is 13.5. The van der Waals surface area contributed by atoms with Gasteiger partial charge in [-0.25, -0.2) is 0 Å². The van der Waals surface area contributed by atoms with Gasteiger partial charge < -0.3 is 10.4 Å². The van der Waals surface area contributed by atoms with E-state index in [2.05, 4.69) is 10.6 Å². The second kappa shape index (κ2) is 5.20. The molecule has 0 spiro atoms. The highest BCUT2D eigenvalue weighted by molar-refractivity contribution is 5.81. The van der Waals surface area contributed by atoms with Crippen LogP contribution in [0.1, 0.15) is 13.3 Å². The second-order valence-electron chi connectivity index (χ2n) is 1.94. The zero-order valence-corrected chi connectivity index (χ0v) is 6.35. The van der Waals surface area contributed by atoms with Crippen molar-refractivity contribution in [2.24, 2.45) is 0 Å². The third kappa shape index (κ3) is 2.80. The molecule has 0 fully saturated rings. The van der Waals surface area contributed by atoms with Crippen LogP contribution in [0.4, 0.5) is 0 Å². The Kier molecular flexibility index (Phi) is 4.88. The van der Waals surface area contributed by atoms with E-state index in [4.69, 9.17) is 5.11 Å². The molecule has 0 heterocycles. The largest absolute Gasteiger partial charge is 0.381 e. The molecule has 0 bridgehead atoms. The maximum absolute atomic E-state index is 10.8. The number of nitrogens with one attached hydrogen (secondary N) is 2. The van der Waals surface area contributed by atoms with E-state index in [1.807, 2.05) is 6.92 Å². The van der Waals surface area contributed by atoms with Gasteiger partial charge in [0.15, 0.2) is 0 Å². The molecule has 0 aromatic heterocycles. The second-order valence-corrected chi connectivity index (χ2v) is 1.94. The van der Waals surface area contributed by atoms with Crippen molar-refractivity contribution in [1.29, 1.82) is 0 Å². The summed E-state index contributed by atoms with van der Waals surface area (Å²) in [6, 6.07) is -0.269. The third-order valence-electron chi connectivity index (χ3n) is 1.31. The Morgan fingerprint density at radius 3 is 2.60 bits per heavy atom. The van der Waals surface area contributed by atoms with E-state index < -0.39 is 0 Å². The number of aliphatic hydroxyl groups is 1. The van der Waals surface area contributed by atoms with Gasteiger partial charge in [-0.3, -0.25) is 10.1 Å². The van der Waals surface area contributed by atoms with Gasteiger partial charge in [-0.05, 0) is 6.42 Å². The van der Waals surface area contributed by atoms with Crippen molar-refractivity contribution in [3.8, 4) is 0 Å². The predicted molar refractivity (Wildman–Crippen MR) is 38.4 cm³/mol. The molecule has 0 aliphatic carbocycles. The SMILES string of the molecule is CC[C@H](NCO)C(=O)NC. The molecule has 60 valence electrons. The average Bonchev–Trinajstić information content (AvgIpc) is 1.99. The van der Waals surface area contributed by atoms with Crippen molar-refractivity contribution in [1.82, 2.24) is 10.6 Å². The van der Waals surface area contributed by atoms with Crippen LogP contribution in [0.25, 0.3) is 0 Å². The lowest BCUT2D eigenvalue weighted by Gasteiger charge is -2.12. The molecule has 0 saturated heterocycles. The maximum atomic E-state index is 10.8. The van der Waals surface area contributed by atoms with Crippen LogP contribution >= 0.6 is 0 Å². The van der Waals surface area contributed by atoms with Crippen LogP contribution in [0.2, 0.25) is 0 Å². The van der Waals surface area contributed by atoms with Gasteiger partial charge in [0.25, 0.3) is 0 Å². The standard InChI is InChI=1S/C6H14N2O2/c1-3-5(8-4-9)6(10)7-2/h5,8-9H,3-4H2,1-2H3,(H,7,10)/t5-/m0/s1. The van der Waals surface area contributed by atoms with Gasteiger partial charge in [-0.15, -0.1) is 0 Å². The summed E-state index contributed by atoms with van der Waals surface area (Å²) in [6.45, 7) is 1.72.